The molecule has 16 heavy (non-hydrogen) atoms. The highest BCUT2D eigenvalue weighted by Crippen LogP contribution is 2.05. The van der Waals surface area contributed by atoms with Crippen molar-refractivity contribution in [3.63, 3.8) is 0 Å². The van der Waals surface area contributed by atoms with Crippen LogP contribution < -0.4 is 5.32 Å². The largest absolute Gasteiger partial charge is 0.481 e. The standard InChI is InChI=1S/C13H17NO2/c1-10(2)8-14-9-12-5-3-11(4-6-12)7-13(15)16/h3-6,14H,1,7-9H2,2H3,(H,15,16). The van der Waals surface area contributed by atoms with Gasteiger partial charge in [0, 0.05) is 13.1 Å². The third-order valence-corrected chi connectivity index (χ3v) is 2.13. The Morgan fingerprint density at radius 1 is 1.31 bits per heavy atom. The number of nitrogens with one attached hydrogen (secondary N) is 1. The second kappa shape index (κ2) is 6.08. The summed E-state index contributed by atoms with van der Waals surface area (Å²) in [7, 11) is 0. The summed E-state index contributed by atoms with van der Waals surface area (Å²) in [6, 6.07) is 7.60. The van der Waals surface area contributed by atoms with Crippen LogP contribution in [-0.4, -0.2) is 17.6 Å². The van der Waals surface area contributed by atoms with Crippen LogP contribution in [0.25, 0.3) is 0 Å². The van der Waals surface area contributed by atoms with Crippen LogP contribution in [0.1, 0.15) is 18.1 Å². The molecule has 1 rings (SSSR count). The molecular weight excluding hydrogens is 202 g/mol. The molecule has 0 bridgehead atoms. The highest BCUT2D eigenvalue weighted by Gasteiger charge is 1.99. The Hall–Kier alpha value is -1.61. The summed E-state index contributed by atoms with van der Waals surface area (Å²) >= 11 is 0. The van der Waals surface area contributed by atoms with E-state index in [1.807, 2.05) is 31.2 Å². The van der Waals surface area contributed by atoms with E-state index in [0.29, 0.717) is 0 Å². The maximum Gasteiger partial charge on any atom is 0.307 e. The van der Waals surface area contributed by atoms with Gasteiger partial charge < -0.3 is 10.4 Å². The lowest BCUT2D eigenvalue weighted by atomic mass is 10.1. The van der Waals surface area contributed by atoms with Crippen molar-refractivity contribution in [1.29, 1.82) is 0 Å². The van der Waals surface area contributed by atoms with Crippen molar-refractivity contribution in [3.05, 3.63) is 47.5 Å². The maximum atomic E-state index is 10.5. The van der Waals surface area contributed by atoms with Gasteiger partial charge in [-0.3, -0.25) is 4.79 Å². The van der Waals surface area contributed by atoms with Gasteiger partial charge in [0.2, 0.25) is 0 Å². The van der Waals surface area contributed by atoms with Crippen molar-refractivity contribution >= 4 is 5.97 Å². The third-order valence-electron chi connectivity index (χ3n) is 2.13. The molecule has 1 aromatic rings. The summed E-state index contributed by atoms with van der Waals surface area (Å²) in [4.78, 5) is 10.5. The topological polar surface area (TPSA) is 49.3 Å². The van der Waals surface area contributed by atoms with E-state index in [-0.39, 0.29) is 6.42 Å². The van der Waals surface area contributed by atoms with E-state index < -0.39 is 5.97 Å². The van der Waals surface area contributed by atoms with Gasteiger partial charge in [-0.1, -0.05) is 36.4 Å². The maximum absolute atomic E-state index is 10.5. The van der Waals surface area contributed by atoms with Crippen LogP contribution in [0.4, 0.5) is 0 Å². The summed E-state index contributed by atoms with van der Waals surface area (Å²) in [6.07, 6.45) is 0.0828. The average Bonchev–Trinajstić information content (AvgIpc) is 2.19. The molecule has 0 fully saturated rings. The van der Waals surface area contributed by atoms with Gasteiger partial charge in [0.05, 0.1) is 6.42 Å². The monoisotopic (exact) mass is 219 g/mol. The first-order valence-corrected chi connectivity index (χ1v) is 5.22. The van der Waals surface area contributed by atoms with Crippen molar-refractivity contribution in [2.24, 2.45) is 0 Å². The number of rotatable bonds is 6. The minimum absolute atomic E-state index is 0.0828. The van der Waals surface area contributed by atoms with Crippen molar-refractivity contribution < 1.29 is 9.90 Å². The lowest BCUT2D eigenvalue weighted by Gasteiger charge is -2.05. The zero-order valence-corrected chi connectivity index (χ0v) is 9.49. The molecule has 2 N–H and O–H groups in total. The van der Waals surface area contributed by atoms with Crippen LogP contribution in [0.5, 0.6) is 0 Å². The fraction of sp³-hybridized carbons (Fsp3) is 0.308. The van der Waals surface area contributed by atoms with Crippen molar-refractivity contribution in [2.75, 3.05) is 6.54 Å². The van der Waals surface area contributed by atoms with Crippen LogP contribution >= 0.6 is 0 Å². The fourth-order valence-corrected chi connectivity index (χ4v) is 1.37. The molecule has 3 heteroatoms. The van der Waals surface area contributed by atoms with Gasteiger partial charge in [-0.2, -0.15) is 0 Å². The van der Waals surface area contributed by atoms with Crippen molar-refractivity contribution in [2.45, 2.75) is 19.9 Å². The second-order valence-electron chi connectivity index (χ2n) is 3.95. The van der Waals surface area contributed by atoms with Crippen LogP contribution in [0.3, 0.4) is 0 Å². The Morgan fingerprint density at radius 2 is 1.88 bits per heavy atom. The Bertz CT molecular complexity index is 368. The Labute approximate surface area is 95.8 Å². The zero-order valence-electron chi connectivity index (χ0n) is 9.49. The third kappa shape index (κ3) is 4.75. The molecule has 86 valence electrons. The van der Waals surface area contributed by atoms with Gasteiger partial charge in [0.25, 0.3) is 0 Å². The summed E-state index contributed by atoms with van der Waals surface area (Å²) in [6.45, 7) is 7.36. The highest BCUT2D eigenvalue weighted by molar-refractivity contribution is 5.70. The molecule has 0 aromatic heterocycles. The van der Waals surface area contributed by atoms with Gasteiger partial charge in [-0.15, -0.1) is 0 Å². The van der Waals surface area contributed by atoms with Crippen LogP contribution in [-0.2, 0) is 17.8 Å². The number of benzene rings is 1. The lowest BCUT2D eigenvalue weighted by molar-refractivity contribution is -0.136. The normalized spacial score (nSPS) is 10.1. The predicted octanol–water partition coefficient (Wildman–Crippen LogP) is 1.98. The van der Waals surface area contributed by atoms with E-state index in [2.05, 4.69) is 11.9 Å². The number of aliphatic carboxylic acids is 1. The van der Waals surface area contributed by atoms with Crippen LogP contribution in [0.15, 0.2) is 36.4 Å². The van der Waals surface area contributed by atoms with Crippen molar-refractivity contribution in [1.82, 2.24) is 5.32 Å². The van der Waals surface area contributed by atoms with Gasteiger partial charge >= 0.3 is 5.97 Å². The molecular formula is C13H17NO2. The Morgan fingerprint density at radius 3 is 2.38 bits per heavy atom. The van der Waals surface area contributed by atoms with Gasteiger partial charge in [-0.25, -0.2) is 0 Å². The van der Waals surface area contributed by atoms with Crippen molar-refractivity contribution in [3.8, 4) is 0 Å². The van der Waals surface area contributed by atoms with Gasteiger partial charge in [0.15, 0.2) is 0 Å². The van der Waals surface area contributed by atoms with Gasteiger partial charge in [-0.05, 0) is 18.1 Å². The average molecular weight is 219 g/mol. The SMILES string of the molecule is C=C(C)CNCc1ccc(CC(=O)O)cc1. The molecule has 0 unspecified atom stereocenters. The molecule has 3 nitrogen and oxygen atoms in total. The zero-order chi connectivity index (χ0) is 12.0. The number of hydrogen-bond donors (Lipinski definition) is 2. The Balaban J connectivity index is 2.45. The predicted molar refractivity (Wildman–Crippen MR) is 64.3 cm³/mol. The molecule has 0 aliphatic rings. The van der Waals surface area contributed by atoms with Crippen LogP contribution in [0, 0.1) is 0 Å². The minimum Gasteiger partial charge on any atom is -0.481 e. The summed E-state index contributed by atoms with van der Waals surface area (Å²) < 4.78 is 0. The molecule has 0 atom stereocenters. The van der Waals surface area contributed by atoms with Gasteiger partial charge in [0.1, 0.15) is 0 Å². The minimum atomic E-state index is -0.798. The fourth-order valence-electron chi connectivity index (χ4n) is 1.37. The Kier molecular flexibility index (Phi) is 4.73. The second-order valence-corrected chi connectivity index (χ2v) is 3.95. The van der Waals surface area contributed by atoms with E-state index in [1.54, 1.807) is 0 Å². The molecule has 0 spiro atoms. The molecule has 0 saturated heterocycles. The number of carbonyl (C=O) groups is 1. The molecule has 0 heterocycles. The first kappa shape index (κ1) is 12.5. The van der Waals surface area contributed by atoms with E-state index in [9.17, 15) is 4.79 Å². The molecule has 0 aliphatic carbocycles. The summed E-state index contributed by atoms with van der Waals surface area (Å²) in [5, 5.41) is 11.9. The first-order valence-electron chi connectivity index (χ1n) is 5.22. The summed E-state index contributed by atoms with van der Waals surface area (Å²) in [5.41, 5.74) is 3.08. The van der Waals surface area contributed by atoms with E-state index in [1.165, 1.54) is 0 Å². The smallest absolute Gasteiger partial charge is 0.307 e. The first-order chi connectivity index (χ1) is 7.58. The molecule has 0 amide bonds. The van der Waals surface area contributed by atoms with E-state index in [0.717, 1.165) is 29.8 Å². The van der Waals surface area contributed by atoms with E-state index >= 15 is 0 Å². The van der Waals surface area contributed by atoms with Crippen LogP contribution in [0.2, 0.25) is 0 Å². The number of carboxylic acid groups (broad SMARTS) is 1. The molecule has 1 aromatic carbocycles. The lowest BCUT2D eigenvalue weighted by Crippen LogP contribution is -2.15. The molecule has 0 aliphatic heterocycles. The summed E-state index contributed by atoms with van der Waals surface area (Å²) in [5.74, 6) is -0.798. The molecule has 0 radical (unpaired) electrons. The molecule has 0 saturated carbocycles. The van der Waals surface area contributed by atoms with E-state index in [4.69, 9.17) is 5.11 Å². The number of hydrogen-bond acceptors (Lipinski definition) is 2. The highest BCUT2D eigenvalue weighted by atomic mass is 16.4. The number of carboxylic acids is 1. The quantitative estimate of drug-likeness (QED) is 0.719.